The lowest BCUT2D eigenvalue weighted by molar-refractivity contribution is -0.132. The van der Waals surface area contributed by atoms with Crippen molar-refractivity contribution in [2.24, 2.45) is 0 Å². The zero-order chi connectivity index (χ0) is 15.0. The van der Waals surface area contributed by atoms with Crippen LogP contribution in [0.1, 0.15) is 12.0 Å². The van der Waals surface area contributed by atoms with E-state index in [1.54, 1.807) is 19.2 Å². The zero-order valence-electron chi connectivity index (χ0n) is 12.0. The van der Waals surface area contributed by atoms with Crippen molar-refractivity contribution < 1.29 is 23.0 Å². The monoisotopic (exact) mass is 334 g/mol. The van der Waals surface area contributed by atoms with Gasteiger partial charge < -0.3 is 14.4 Å². The molecule has 1 N–H and O–H groups in total. The van der Waals surface area contributed by atoms with Crippen molar-refractivity contribution >= 4 is 18.3 Å². The van der Waals surface area contributed by atoms with Gasteiger partial charge in [-0.3, -0.25) is 10.1 Å². The van der Waals surface area contributed by atoms with E-state index in [4.69, 9.17) is 9.47 Å². The van der Waals surface area contributed by atoms with Gasteiger partial charge in [0.05, 0.1) is 12.6 Å². The molecule has 1 atom stereocenters. The average molecular weight is 335 g/mol. The number of likely N-dealkylation sites (N-methyl/N-ethyl adjacent to an activating group) is 1. The summed E-state index contributed by atoms with van der Waals surface area (Å²) < 4.78 is 36.7. The number of alkyl halides is 2. The van der Waals surface area contributed by atoms with Gasteiger partial charge in [0.2, 0.25) is 12.7 Å². The molecule has 2 aliphatic rings. The van der Waals surface area contributed by atoms with Crippen LogP contribution in [0.2, 0.25) is 0 Å². The van der Waals surface area contributed by atoms with Crippen molar-refractivity contribution in [1.29, 1.82) is 0 Å². The van der Waals surface area contributed by atoms with Crippen LogP contribution >= 0.6 is 12.4 Å². The van der Waals surface area contributed by atoms with Crippen molar-refractivity contribution in [2.45, 2.75) is 24.9 Å². The molecule has 8 heteroatoms. The van der Waals surface area contributed by atoms with Gasteiger partial charge in [-0.1, -0.05) is 6.07 Å². The third-order valence-electron chi connectivity index (χ3n) is 3.64. The number of nitrogens with one attached hydrogen (secondary N) is 1. The van der Waals surface area contributed by atoms with Gasteiger partial charge in [0.1, 0.15) is 0 Å². The highest BCUT2D eigenvalue weighted by atomic mass is 35.5. The van der Waals surface area contributed by atoms with E-state index in [-0.39, 0.29) is 25.1 Å². The number of amides is 1. The SMILES string of the molecule is CN(Cc1ccc2c(c1)OCO2)C(=O)C1CC(F)(F)CN1.Cl. The van der Waals surface area contributed by atoms with Crippen LogP contribution in [0.15, 0.2) is 18.2 Å². The van der Waals surface area contributed by atoms with Gasteiger partial charge in [-0.2, -0.15) is 0 Å². The number of nitrogens with zero attached hydrogens (tertiary/aromatic N) is 1. The summed E-state index contributed by atoms with van der Waals surface area (Å²) >= 11 is 0. The molecule has 1 aromatic rings. The average Bonchev–Trinajstić information content (AvgIpc) is 3.03. The largest absolute Gasteiger partial charge is 0.454 e. The van der Waals surface area contributed by atoms with Gasteiger partial charge in [0, 0.05) is 20.0 Å². The fourth-order valence-corrected chi connectivity index (χ4v) is 2.55. The number of carbonyl (C=O) groups is 1. The predicted molar refractivity (Wildman–Crippen MR) is 77.6 cm³/mol. The van der Waals surface area contributed by atoms with E-state index >= 15 is 0 Å². The number of benzene rings is 1. The number of ether oxygens (including phenoxy) is 2. The predicted octanol–water partition coefficient (Wildman–Crippen LogP) is 1.79. The maximum atomic E-state index is 13.1. The van der Waals surface area contributed by atoms with E-state index in [1.807, 2.05) is 6.07 Å². The van der Waals surface area contributed by atoms with Gasteiger partial charge in [0.25, 0.3) is 5.92 Å². The first-order valence-electron chi connectivity index (χ1n) is 6.69. The van der Waals surface area contributed by atoms with Gasteiger partial charge >= 0.3 is 0 Å². The smallest absolute Gasteiger partial charge is 0.262 e. The molecule has 0 radical (unpaired) electrons. The molecule has 22 heavy (non-hydrogen) atoms. The van der Waals surface area contributed by atoms with E-state index in [0.717, 1.165) is 5.56 Å². The molecule has 1 saturated heterocycles. The number of carbonyl (C=O) groups excluding carboxylic acids is 1. The first-order chi connectivity index (χ1) is 9.94. The van der Waals surface area contributed by atoms with Crippen molar-refractivity contribution in [3.8, 4) is 11.5 Å². The van der Waals surface area contributed by atoms with Crippen molar-refractivity contribution in [3.05, 3.63) is 23.8 Å². The Labute approximate surface area is 133 Å². The van der Waals surface area contributed by atoms with Crippen LogP contribution in [-0.4, -0.2) is 43.2 Å². The molecule has 2 aliphatic heterocycles. The van der Waals surface area contributed by atoms with Crippen LogP contribution in [0.5, 0.6) is 11.5 Å². The van der Waals surface area contributed by atoms with Crippen LogP contribution < -0.4 is 14.8 Å². The van der Waals surface area contributed by atoms with Crippen LogP contribution in [0.4, 0.5) is 8.78 Å². The minimum Gasteiger partial charge on any atom is -0.454 e. The van der Waals surface area contributed by atoms with Crippen LogP contribution in [-0.2, 0) is 11.3 Å². The summed E-state index contributed by atoms with van der Waals surface area (Å²) in [5, 5.41) is 2.57. The van der Waals surface area contributed by atoms with E-state index in [1.165, 1.54) is 4.90 Å². The Bertz CT molecular complexity index is 571. The lowest BCUT2D eigenvalue weighted by atomic mass is 10.1. The highest BCUT2D eigenvalue weighted by Gasteiger charge is 2.43. The molecule has 2 heterocycles. The summed E-state index contributed by atoms with van der Waals surface area (Å²) in [7, 11) is 1.60. The van der Waals surface area contributed by atoms with Crippen LogP contribution in [0, 0.1) is 0 Å². The van der Waals surface area contributed by atoms with E-state index in [9.17, 15) is 13.6 Å². The summed E-state index contributed by atoms with van der Waals surface area (Å²) in [6.45, 7) is 0.0785. The molecule has 3 rings (SSSR count). The van der Waals surface area contributed by atoms with Crippen molar-refractivity contribution in [3.63, 3.8) is 0 Å². The Morgan fingerprint density at radius 2 is 2.14 bits per heavy atom. The standard InChI is InChI=1S/C14H16F2N2O3.ClH/c1-18(13(19)10-5-14(15,16)7-17-10)6-9-2-3-11-12(4-9)21-8-20-11;/h2-4,10,17H,5-8H2,1H3;1H. The second-order valence-electron chi connectivity index (χ2n) is 5.38. The van der Waals surface area contributed by atoms with Gasteiger partial charge in [-0.15, -0.1) is 12.4 Å². The first-order valence-corrected chi connectivity index (χ1v) is 6.69. The fraction of sp³-hybridized carbons (Fsp3) is 0.500. The molecular formula is C14H17ClF2N2O3. The lowest BCUT2D eigenvalue weighted by Crippen LogP contribution is -2.41. The summed E-state index contributed by atoms with van der Waals surface area (Å²) in [6.07, 6.45) is -0.447. The lowest BCUT2D eigenvalue weighted by Gasteiger charge is -2.21. The zero-order valence-corrected chi connectivity index (χ0v) is 12.8. The molecule has 122 valence electrons. The molecule has 1 amide bonds. The summed E-state index contributed by atoms with van der Waals surface area (Å²) in [6, 6.07) is 4.58. The minimum atomic E-state index is -2.81. The summed E-state index contributed by atoms with van der Waals surface area (Å²) in [4.78, 5) is 13.6. The molecule has 1 aromatic carbocycles. The summed E-state index contributed by atoms with van der Waals surface area (Å²) in [5.41, 5.74) is 0.861. The quantitative estimate of drug-likeness (QED) is 0.915. The Morgan fingerprint density at radius 3 is 2.82 bits per heavy atom. The van der Waals surface area contributed by atoms with E-state index in [0.29, 0.717) is 18.0 Å². The van der Waals surface area contributed by atoms with Crippen molar-refractivity contribution in [2.75, 3.05) is 20.4 Å². The molecule has 5 nitrogen and oxygen atoms in total. The molecule has 0 aromatic heterocycles. The maximum absolute atomic E-state index is 13.1. The number of fused-ring (bicyclic) bond motifs is 1. The Kier molecular flexibility index (Phi) is 4.77. The van der Waals surface area contributed by atoms with E-state index < -0.39 is 24.9 Å². The normalized spacial score (nSPS) is 21.3. The van der Waals surface area contributed by atoms with E-state index in [2.05, 4.69) is 5.32 Å². The molecule has 0 saturated carbocycles. The molecule has 1 unspecified atom stereocenters. The molecule has 1 fully saturated rings. The second kappa shape index (κ2) is 6.26. The second-order valence-corrected chi connectivity index (χ2v) is 5.38. The Hall–Kier alpha value is -1.60. The molecule has 0 aliphatic carbocycles. The Morgan fingerprint density at radius 1 is 1.41 bits per heavy atom. The number of hydrogen-bond donors (Lipinski definition) is 1. The third-order valence-corrected chi connectivity index (χ3v) is 3.64. The first kappa shape index (κ1) is 16.8. The molecular weight excluding hydrogens is 318 g/mol. The van der Waals surface area contributed by atoms with Crippen LogP contribution in [0.3, 0.4) is 0 Å². The van der Waals surface area contributed by atoms with Gasteiger partial charge in [-0.05, 0) is 17.7 Å². The number of rotatable bonds is 3. The topological polar surface area (TPSA) is 50.8 Å². The van der Waals surface area contributed by atoms with Gasteiger partial charge in [-0.25, -0.2) is 8.78 Å². The van der Waals surface area contributed by atoms with Crippen LogP contribution in [0.25, 0.3) is 0 Å². The van der Waals surface area contributed by atoms with Gasteiger partial charge in [0.15, 0.2) is 11.5 Å². The Balaban J connectivity index is 0.00000176. The number of hydrogen-bond acceptors (Lipinski definition) is 4. The van der Waals surface area contributed by atoms with Crippen molar-refractivity contribution in [1.82, 2.24) is 10.2 Å². The maximum Gasteiger partial charge on any atom is 0.262 e. The summed E-state index contributed by atoms with van der Waals surface area (Å²) in [5.74, 6) is -1.83. The third kappa shape index (κ3) is 3.41. The highest BCUT2D eigenvalue weighted by Crippen LogP contribution is 2.33. The highest BCUT2D eigenvalue weighted by molar-refractivity contribution is 5.85. The number of halogens is 3. The fourth-order valence-electron chi connectivity index (χ4n) is 2.55. The minimum absolute atomic E-state index is 0. The molecule has 0 spiro atoms. The molecule has 0 bridgehead atoms.